The van der Waals surface area contributed by atoms with Crippen molar-refractivity contribution in [2.24, 2.45) is 0 Å². The predicted molar refractivity (Wildman–Crippen MR) is 136 cm³/mol. The van der Waals surface area contributed by atoms with Gasteiger partial charge in [-0.1, -0.05) is 81.7 Å². The fraction of sp³-hybridized carbons (Fsp3) is 0.0714. The van der Waals surface area contributed by atoms with E-state index in [9.17, 15) is 25.0 Å². The molecule has 0 aliphatic carbocycles. The standard InChI is InChI=1S/C7H4ClNO4.C6H3BrClNO2.CCl4.Br2.Hg.O/c8-6-4(7(10)11)2-1-3-5(6)9(12)13;7-4-2-1-3-5(6(4)8)9(10)11;2-1(3,4)5;1-2;;/h1-3H,(H,10,11);1-3H;;;;. The molecule has 2 aromatic rings. The number of nitrogens with zero attached hydrogens (tertiary/aromatic N) is 2. The number of alkyl halides is 4. The van der Waals surface area contributed by atoms with E-state index in [4.69, 9.17) is 77.4 Å². The van der Waals surface area contributed by atoms with Gasteiger partial charge >= 0.3 is 34.7 Å². The summed E-state index contributed by atoms with van der Waals surface area (Å²) in [4.78, 5) is 29.8. The van der Waals surface area contributed by atoms with Crippen LogP contribution in [-0.2, 0) is 28.8 Å². The monoisotopic (exact) mass is 964 g/mol. The third kappa shape index (κ3) is 18.5. The Bertz CT molecular complexity index is 902. The summed E-state index contributed by atoms with van der Waals surface area (Å²) in [6.07, 6.45) is 0. The van der Waals surface area contributed by atoms with Gasteiger partial charge in [0.25, 0.3) is 14.6 Å². The first kappa shape index (κ1) is 38.2. The summed E-state index contributed by atoms with van der Waals surface area (Å²) in [6, 6.07) is 8.19. The Kier molecular flexibility index (Phi) is 24.0. The number of carboxylic acids is 1. The van der Waals surface area contributed by atoms with Crippen LogP contribution in [0.3, 0.4) is 0 Å². The second-order valence-corrected chi connectivity index (χ2v) is 9.50. The van der Waals surface area contributed by atoms with E-state index < -0.39 is 24.8 Å². The minimum absolute atomic E-state index is 0.0824. The molecule has 2 rings (SSSR count). The molecule has 0 aliphatic heterocycles. The van der Waals surface area contributed by atoms with E-state index in [-0.39, 0.29) is 47.4 Å². The summed E-state index contributed by atoms with van der Waals surface area (Å²) in [7, 11) is 0. The second-order valence-electron chi connectivity index (χ2n) is 4.46. The van der Waals surface area contributed by atoms with Crippen LogP contribution in [-0.4, -0.2) is 24.2 Å². The molecule has 0 spiro atoms. The van der Waals surface area contributed by atoms with Crippen LogP contribution in [0.25, 0.3) is 0 Å². The Morgan fingerprint density at radius 1 is 0.879 bits per heavy atom. The summed E-state index contributed by atoms with van der Waals surface area (Å²) in [5.41, 5.74) is -0.751. The molecule has 0 fully saturated rings. The van der Waals surface area contributed by atoms with Gasteiger partial charge < -0.3 is 5.11 Å². The Morgan fingerprint density at radius 2 is 1.21 bits per heavy atom. The van der Waals surface area contributed by atoms with Crippen molar-refractivity contribution in [3.63, 3.8) is 0 Å². The van der Waals surface area contributed by atoms with Crippen LogP contribution in [0.1, 0.15) is 10.4 Å². The number of hydrogen-bond donors (Lipinski definition) is 1. The third-order valence-electron chi connectivity index (χ3n) is 2.53. The Labute approximate surface area is 256 Å². The fourth-order valence-electron chi connectivity index (χ4n) is 1.46. The van der Waals surface area contributed by atoms with Crippen molar-refractivity contribution in [2.75, 3.05) is 0 Å². The SMILES string of the molecule is BrBr.ClC(Cl)(Cl)Cl.O=C(O)c1cccc([N+](=O)[O-])c1Cl.O=[N+]([O-])c1cccc(Br)c1Cl.[O]=[Hg]. The van der Waals surface area contributed by atoms with Gasteiger partial charge in [-0.3, -0.25) is 20.2 Å². The molecule has 33 heavy (non-hydrogen) atoms. The quantitative estimate of drug-likeness (QED) is 0.140. The van der Waals surface area contributed by atoms with Crippen molar-refractivity contribution in [1.82, 2.24) is 0 Å². The number of rotatable bonds is 3. The molecule has 0 radical (unpaired) electrons. The van der Waals surface area contributed by atoms with Crippen molar-refractivity contribution in [3.8, 4) is 0 Å². The Balaban J connectivity index is -0.000000407. The van der Waals surface area contributed by atoms with Gasteiger partial charge in [0.1, 0.15) is 10.0 Å². The number of hydrogen-bond acceptors (Lipinski definition) is 6. The molecule has 0 aromatic heterocycles. The number of halogens is 9. The molecule has 0 aliphatic rings. The molecule has 0 unspecified atom stereocenters. The topological polar surface area (TPSA) is 141 Å². The normalized spacial score (nSPS) is 9.18. The van der Waals surface area contributed by atoms with Crippen LogP contribution < -0.4 is 0 Å². The predicted octanol–water partition coefficient (Wildman–Crippen LogP) is 9.08. The van der Waals surface area contributed by atoms with Gasteiger partial charge in [-0.2, -0.15) is 0 Å². The molecule has 19 heteroatoms. The average Bonchev–Trinajstić information content (AvgIpc) is 2.72. The zero-order chi connectivity index (χ0) is 26.9. The van der Waals surface area contributed by atoms with E-state index in [0.29, 0.717) is 4.47 Å². The van der Waals surface area contributed by atoms with Gasteiger partial charge in [-0.05, 0) is 28.1 Å². The van der Waals surface area contributed by atoms with Crippen LogP contribution in [0.2, 0.25) is 10.0 Å². The van der Waals surface area contributed by atoms with E-state index >= 15 is 0 Å². The van der Waals surface area contributed by atoms with E-state index in [0.717, 1.165) is 6.07 Å². The number of carbonyl (C=O) groups is 1. The Hall–Kier alpha value is 0.625. The van der Waals surface area contributed by atoms with Gasteiger partial charge in [-0.15, -0.1) is 0 Å². The van der Waals surface area contributed by atoms with Crippen molar-refractivity contribution >= 4 is 131 Å². The molecule has 9 nitrogen and oxygen atoms in total. The zero-order valence-electron chi connectivity index (χ0n) is 15.4. The van der Waals surface area contributed by atoms with E-state index in [1.165, 1.54) is 18.2 Å². The maximum atomic E-state index is 10.5. The molecule has 0 heterocycles. The van der Waals surface area contributed by atoms with Crippen molar-refractivity contribution in [1.29, 1.82) is 0 Å². The number of aromatic carboxylic acids is 1. The summed E-state index contributed by atoms with van der Waals surface area (Å²) in [5.74, 6) is -1.28. The molecule has 0 bridgehead atoms. The van der Waals surface area contributed by atoms with Crippen molar-refractivity contribution < 1.29 is 48.5 Å². The molecule has 0 atom stereocenters. The van der Waals surface area contributed by atoms with E-state index in [1.807, 2.05) is 0 Å². The van der Waals surface area contributed by atoms with E-state index in [2.05, 4.69) is 44.2 Å². The van der Waals surface area contributed by atoms with Gasteiger partial charge in [0.05, 0.1) is 15.4 Å². The second kappa shape index (κ2) is 20.8. The van der Waals surface area contributed by atoms with Crippen LogP contribution in [0.4, 0.5) is 11.4 Å². The molecule has 0 amide bonds. The van der Waals surface area contributed by atoms with Crippen LogP contribution in [0.15, 0.2) is 40.9 Å². The number of benzene rings is 2. The molecular weight excluding hydrogens is 961 g/mol. The summed E-state index contributed by atoms with van der Waals surface area (Å²) in [5, 5.41) is 29.0. The van der Waals surface area contributed by atoms with Crippen molar-refractivity contribution in [3.05, 3.63) is 76.7 Å². The number of carboxylic acid groups (broad SMARTS) is 1. The van der Waals surface area contributed by atoms with Gasteiger partial charge in [0, 0.05) is 44.9 Å². The zero-order valence-corrected chi connectivity index (χ0v) is 30.2. The molecule has 0 saturated carbocycles. The first-order chi connectivity index (χ1) is 15.2. The Morgan fingerprint density at radius 3 is 1.52 bits per heavy atom. The summed E-state index contributed by atoms with van der Waals surface area (Å²) in [6.45, 7) is 0. The summed E-state index contributed by atoms with van der Waals surface area (Å²) >= 11 is 38.7. The first-order valence-corrected chi connectivity index (χ1v) is 16.1. The third-order valence-corrected chi connectivity index (χ3v) is 4.22. The molecule has 180 valence electrons. The number of nitro benzene ring substituents is 2. The van der Waals surface area contributed by atoms with Gasteiger partial charge in [-0.25, -0.2) is 4.79 Å². The first-order valence-electron chi connectivity index (χ1n) is 7.10. The molecule has 2 aromatic carbocycles. The fourth-order valence-corrected chi connectivity index (χ4v) is 2.29. The minimum atomic E-state index is -1.61. The van der Waals surface area contributed by atoms with Crippen LogP contribution >= 0.6 is 114 Å². The van der Waals surface area contributed by atoms with E-state index in [1.54, 1.807) is 12.1 Å². The average molecular weight is 968 g/mol. The van der Waals surface area contributed by atoms with Crippen LogP contribution in [0, 0.1) is 20.2 Å². The number of nitro groups is 2. The van der Waals surface area contributed by atoms with Gasteiger partial charge in [0.15, 0.2) is 0 Å². The summed E-state index contributed by atoms with van der Waals surface area (Å²) < 4.78 is 7.37. The molecule has 0 saturated heterocycles. The maximum absolute atomic E-state index is 10.5. The molecular formula is C14H7Br3Cl6HgN2O7. The van der Waals surface area contributed by atoms with Gasteiger partial charge in [0.2, 0.25) is 0 Å². The van der Waals surface area contributed by atoms with Crippen LogP contribution in [0.5, 0.6) is 0 Å². The van der Waals surface area contributed by atoms with Crippen molar-refractivity contribution in [2.45, 2.75) is 3.25 Å². The molecule has 1 N–H and O–H groups in total.